The third-order valence-electron chi connectivity index (χ3n) is 2.77. The third-order valence-corrected chi connectivity index (χ3v) is 2.77. The summed E-state index contributed by atoms with van der Waals surface area (Å²) in [5, 5.41) is 0. The Balaban J connectivity index is 0.00000289. The molecule has 0 fully saturated rings. The second-order valence-electron chi connectivity index (χ2n) is 5.07. The standard InChI is InChI=1S/C13H20FNO2.ClH/c1-13(2,3)12(15)8-6-10(16-4)11(17-5)7-9(8)14;/h6-7,12H,15H2,1-5H3;1H/t12-;/m0./s1. The maximum absolute atomic E-state index is 13.9. The number of hydrogen-bond donors (Lipinski definition) is 1. The smallest absolute Gasteiger partial charge is 0.163 e. The molecule has 5 heteroatoms. The van der Waals surface area contributed by atoms with Crippen molar-refractivity contribution in [1.29, 1.82) is 0 Å². The molecular formula is C13H21ClFNO2. The molecule has 18 heavy (non-hydrogen) atoms. The number of nitrogens with two attached hydrogens (primary N) is 1. The van der Waals surface area contributed by atoms with Gasteiger partial charge in [-0.3, -0.25) is 0 Å². The van der Waals surface area contributed by atoms with Gasteiger partial charge in [-0.2, -0.15) is 0 Å². The molecule has 104 valence electrons. The van der Waals surface area contributed by atoms with Crippen molar-refractivity contribution in [2.24, 2.45) is 11.1 Å². The first-order valence-electron chi connectivity index (χ1n) is 5.48. The van der Waals surface area contributed by atoms with Crippen molar-refractivity contribution in [3.63, 3.8) is 0 Å². The van der Waals surface area contributed by atoms with Gasteiger partial charge in [0.15, 0.2) is 11.5 Å². The quantitative estimate of drug-likeness (QED) is 0.922. The maximum atomic E-state index is 13.9. The van der Waals surface area contributed by atoms with Gasteiger partial charge in [0.2, 0.25) is 0 Å². The van der Waals surface area contributed by atoms with Gasteiger partial charge >= 0.3 is 0 Å². The van der Waals surface area contributed by atoms with Crippen molar-refractivity contribution in [2.45, 2.75) is 26.8 Å². The van der Waals surface area contributed by atoms with Crippen molar-refractivity contribution in [1.82, 2.24) is 0 Å². The highest BCUT2D eigenvalue weighted by Gasteiger charge is 2.26. The van der Waals surface area contributed by atoms with E-state index in [9.17, 15) is 4.39 Å². The molecule has 0 aliphatic carbocycles. The van der Waals surface area contributed by atoms with Crippen molar-refractivity contribution in [3.05, 3.63) is 23.5 Å². The fourth-order valence-electron chi connectivity index (χ4n) is 1.57. The summed E-state index contributed by atoms with van der Waals surface area (Å²) < 4.78 is 24.1. The zero-order chi connectivity index (χ0) is 13.2. The average Bonchev–Trinajstić information content (AvgIpc) is 2.26. The molecule has 0 radical (unpaired) electrons. The number of halogens is 2. The fraction of sp³-hybridized carbons (Fsp3) is 0.538. The normalized spacial score (nSPS) is 12.6. The van der Waals surface area contributed by atoms with E-state index in [1.54, 1.807) is 6.07 Å². The summed E-state index contributed by atoms with van der Waals surface area (Å²) >= 11 is 0. The molecular weight excluding hydrogens is 257 g/mol. The number of rotatable bonds is 3. The molecule has 0 unspecified atom stereocenters. The maximum Gasteiger partial charge on any atom is 0.163 e. The van der Waals surface area contributed by atoms with E-state index in [1.165, 1.54) is 20.3 Å². The van der Waals surface area contributed by atoms with Gasteiger partial charge in [0, 0.05) is 17.7 Å². The molecule has 0 aromatic heterocycles. The monoisotopic (exact) mass is 277 g/mol. The Hall–Kier alpha value is -1.00. The van der Waals surface area contributed by atoms with E-state index in [0.29, 0.717) is 17.1 Å². The van der Waals surface area contributed by atoms with E-state index in [0.717, 1.165) is 0 Å². The molecule has 1 aromatic rings. The molecule has 0 saturated carbocycles. The summed E-state index contributed by atoms with van der Waals surface area (Å²) in [6.07, 6.45) is 0. The van der Waals surface area contributed by atoms with E-state index in [2.05, 4.69) is 0 Å². The van der Waals surface area contributed by atoms with Gasteiger partial charge in [-0.05, 0) is 11.5 Å². The van der Waals surface area contributed by atoms with Crippen LogP contribution >= 0.6 is 12.4 Å². The lowest BCUT2D eigenvalue weighted by Gasteiger charge is -2.28. The molecule has 0 aliphatic rings. The Bertz CT molecular complexity index is 405. The summed E-state index contributed by atoms with van der Waals surface area (Å²) in [6, 6.07) is 2.51. The Labute approximate surface area is 114 Å². The van der Waals surface area contributed by atoms with Crippen molar-refractivity contribution < 1.29 is 13.9 Å². The highest BCUT2D eigenvalue weighted by molar-refractivity contribution is 5.85. The zero-order valence-electron chi connectivity index (χ0n) is 11.4. The van der Waals surface area contributed by atoms with Gasteiger partial charge in [-0.1, -0.05) is 20.8 Å². The Kier molecular flexibility index (Phi) is 5.90. The first-order valence-corrected chi connectivity index (χ1v) is 5.48. The van der Waals surface area contributed by atoms with Crippen LogP contribution in [0.5, 0.6) is 11.5 Å². The predicted molar refractivity (Wildman–Crippen MR) is 73.1 cm³/mol. The SMILES string of the molecule is COc1cc(F)c([C@H](N)C(C)(C)C)cc1OC.Cl. The summed E-state index contributed by atoms with van der Waals surface area (Å²) in [6.45, 7) is 5.90. The van der Waals surface area contributed by atoms with Crippen molar-refractivity contribution >= 4 is 12.4 Å². The van der Waals surface area contributed by atoms with Crippen molar-refractivity contribution in [2.75, 3.05) is 14.2 Å². The molecule has 3 nitrogen and oxygen atoms in total. The first kappa shape index (κ1) is 17.0. The minimum atomic E-state index is -0.401. The number of hydrogen-bond acceptors (Lipinski definition) is 3. The van der Waals surface area contributed by atoms with Gasteiger partial charge in [0.1, 0.15) is 5.82 Å². The van der Waals surface area contributed by atoms with Crippen molar-refractivity contribution in [3.8, 4) is 11.5 Å². The van der Waals surface area contributed by atoms with E-state index in [-0.39, 0.29) is 23.6 Å². The zero-order valence-corrected chi connectivity index (χ0v) is 12.2. The number of benzene rings is 1. The van der Waals surface area contributed by atoms with Crippen LogP contribution in [0.1, 0.15) is 32.4 Å². The Morgan fingerprint density at radius 2 is 1.56 bits per heavy atom. The van der Waals surface area contributed by atoms with Crippen LogP contribution in [0, 0.1) is 11.2 Å². The Morgan fingerprint density at radius 1 is 1.11 bits per heavy atom. The molecule has 0 amide bonds. The van der Waals surface area contributed by atoms with Gasteiger partial charge in [-0.25, -0.2) is 4.39 Å². The van der Waals surface area contributed by atoms with Gasteiger partial charge < -0.3 is 15.2 Å². The first-order chi connectivity index (χ1) is 7.81. The van der Waals surface area contributed by atoms with Crippen LogP contribution in [0.3, 0.4) is 0 Å². The van der Waals surface area contributed by atoms with Crippen LogP contribution in [0.25, 0.3) is 0 Å². The molecule has 2 N–H and O–H groups in total. The summed E-state index contributed by atoms with van der Waals surface area (Å²) in [4.78, 5) is 0. The highest BCUT2D eigenvalue weighted by Crippen LogP contribution is 2.37. The lowest BCUT2D eigenvalue weighted by atomic mass is 9.83. The van der Waals surface area contributed by atoms with E-state index in [1.807, 2.05) is 20.8 Å². The van der Waals surface area contributed by atoms with Crippen LogP contribution in [-0.2, 0) is 0 Å². The van der Waals surface area contributed by atoms with Crippen LogP contribution in [-0.4, -0.2) is 14.2 Å². The fourth-order valence-corrected chi connectivity index (χ4v) is 1.57. The minimum absolute atomic E-state index is 0. The molecule has 1 atom stereocenters. The van der Waals surface area contributed by atoms with Crippen LogP contribution in [0.2, 0.25) is 0 Å². The second-order valence-corrected chi connectivity index (χ2v) is 5.07. The number of ether oxygens (including phenoxy) is 2. The van der Waals surface area contributed by atoms with E-state index >= 15 is 0 Å². The van der Waals surface area contributed by atoms with Crippen LogP contribution in [0.4, 0.5) is 4.39 Å². The lowest BCUT2D eigenvalue weighted by Crippen LogP contribution is -2.27. The lowest BCUT2D eigenvalue weighted by molar-refractivity contribution is 0.313. The van der Waals surface area contributed by atoms with Gasteiger partial charge in [-0.15, -0.1) is 12.4 Å². The van der Waals surface area contributed by atoms with Gasteiger partial charge in [0.25, 0.3) is 0 Å². The average molecular weight is 278 g/mol. The molecule has 1 aromatic carbocycles. The van der Waals surface area contributed by atoms with E-state index in [4.69, 9.17) is 15.2 Å². The Morgan fingerprint density at radius 3 is 1.94 bits per heavy atom. The predicted octanol–water partition coefficient (Wildman–Crippen LogP) is 3.31. The largest absolute Gasteiger partial charge is 0.493 e. The molecule has 1 rings (SSSR count). The summed E-state index contributed by atoms with van der Waals surface area (Å²) in [5.41, 5.74) is 6.27. The summed E-state index contributed by atoms with van der Waals surface area (Å²) in [7, 11) is 2.99. The minimum Gasteiger partial charge on any atom is -0.493 e. The topological polar surface area (TPSA) is 44.5 Å². The molecule has 0 aliphatic heterocycles. The molecule has 0 spiro atoms. The van der Waals surface area contributed by atoms with Crippen LogP contribution in [0.15, 0.2) is 12.1 Å². The molecule has 0 bridgehead atoms. The number of methoxy groups -OCH3 is 2. The van der Waals surface area contributed by atoms with E-state index < -0.39 is 6.04 Å². The summed E-state index contributed by atoms with van der Waals surface area (Å²) in [5.74, 6) is 0.489. The molecule has 0 saturated heterocycles. The van der Waals surface area contributed by atoms with Gasteiger partial charge in [0.05, 0.1) is 14.2 Å². The molecule has 0 heterocycles. The second kappa shape index (κ2) is 6.25. The highest BCUT2D eigenvalue weighted by atomic mass is 35.5. The third kappa shape index (κ3) is 3.50. The van der Waals surface area contributed by atoms with Crippen LogP contribution < -0.4 is 15.2 Å².